The van der Waals surface area contributed by atoms with Crippen LogP contribution in [0.5, 0.6) is 0 Å². The predicted molar refractivity (Wildman–Crippen MR) is 168 cm³/mol. The Labute approximate surface area is 241 Å². The molecule has 40 heavy (non-hydrogen) atoms. The molecule has 0 fully saturated rings. The summed E-state index contributed by atoms with van der Waals surface area (Å²) in [7, 11) is 6.65. The number of imidazole rings is 1. The fourth-order valence-electron chi connectivity index (χ4n) is 4.93. The van der Waals surface area contributed by atoms with E-state index in [-0.39, 0.29) is 11.0 Å². The lowest BCUT2D eigenvalue weighted by Crippen LogP contribution is -2.46. The summed E-state index contributed by atoms with van der Waals surface area (Å²) in [6, 6.07) is 50.6. The van der Waals surface area contributed by atoms with Crippen LogP contribution in [0.25, 0.3) is 0 Å². The van der Waals surface area contributed by atoms with Gasteiger partial charge in [0.25, 0.3) is 0 Å². The summed E-state index contributed by atoms with van der Waals surface area (Å²) in [6.45, 7) is 2.15. The van der Waals surface area contributed by atoms with E-state index in [4.69, 9.17) is 7.85 Å². The van der Waals surface area contributed by atoms with Crippen LogP contribution >= 0.6 is 0 Å². The number of aromatic nitrogens is 2. The fraction of sp³-hybridized carbons (Fsp3) is 0.0833. The number of benzene rings is 5. The third-order valence-corrected chi connectivity index (χ3v) is 8.73. The van der Waals surface area contributed by atoms with Crippen molar-refractivity contribution in [3.63, 3.8) is 0 Å². The van der Waals surface area contributed by atoms with Crippen LogP contribution in [0.15, 0.2) is 164 Å². The van der Waals surface area contributed by atoms with Crippen molar-refractivity contribution in [2.75, 3.05) is 0 Å². The van der Waals surface area contributed by atoms with Crippen LogP contribution < -0.4 is 5.19 Å². The minimum absolute atomic E-state index is 0.0163. The van der Waals surface area contributed by atoms with E-state index in [1.807, 2.05) is 48.9 Å². The lowest BCUT2D eigenvalue weighted by atomic mass is 9.76. The van der Waals surface area contributed by atoms with E-state index in [1.165, 1.54) is 21.9 Å². The average molecular weight is 531 g/mol. The molecule has 0 aliphatic carbocycles. The van der Waals surface area contributed by atoms with Crippen molar-refractivity contribution in [1.29, 1.82) is 0 Å². The lowest BCUT2D eigenvalue weighted by Gasteiger charge is -2.36. The van der Waals surface area contributed by atoms with Gasteiger partial charge in [0.05, 0.1) is 19.3 Å². The van der Waals surface area contributed by atoms with Gasteiger partial charge in [0, 0.05) is 12.4 Å². The van der Waals surface area contributed by atoms with Gasteiger partial charge >= 0.3 is 0 Å². The second-order valence-corrected chi connectivity index (χ2v) is 11.3. The molecule has 0 amide bonds. The smallest absolute Gasteiger partial charge is 0.127 e. The SMILES string of the molecule is Cc1cccc([Si]C(c2ccccc2)(c2ccccc2)n2ccnc2)c1.[B]C(c1ccccc1)c1ccccc1. The zero-order valence-corrected chi connectivity index (χ0v) is 23.6. The number of rotatable bonds is 7. The monoisotopic (exact) mass is 530 g/mol. The van der Waals surface area contributed by atoms with E-state index < -0.39 is 0 Å². The summed E-state index contributed by atoms with van der Waals surface area (Å²) in [4.78, 5) is 4.37. The van der Waals surface area contributed by atoms with Crippen molar-refractivity contribution in [2.45, 2.75) is 17.9 Å². The standard InChI is InChI=1S/C23H20N2Si.C13H11B/c1-19-9-8-14-22(17-19)26-23(25-16-15-24-18-25,20-10-4-2-5-11-20)21-12-6-3-7-13-21;14-13(11-7-3-1-4-8-11)12-9-5-2-6-10-12/h2-18H,1H3;1-10,13H. The highest BCUT2D eigenvalue weighted by atomic mass is 28.2. The highest BCUT2D eigenvalue weighted by Gasteiger charge is 2.37. The van der Waals surface area contributed by atoms with Gasteiger partial charge in [-0.25, -0.2) is 4.98 Å². The van der Waals surface area contributed by atoms with Gasteiger partial charge < -0.3 is 4.57 Å². The Morgan fingerprint density at radius 2 is 1.15 bits per heavy atom. The molecule has 1 aromatic heterocycles. The third-order valence-electron chi connectivity index (χ3n) is 6.94. The maximum absolute atomic E-state index is 6.12. The number of nitrogens with zero attached hydrogens (tertiary/aromatic N) is 2. The molecular formula is C36H31BN2Si. The topological polar surface area (TPSA) is 17.8 Å². The van der Waals surface area contributed by atoms with Crippen molar-refractivity contribution >= 4 is 22.6 Å². The second-order valence-electron chi connectivity index (χ2n) is 9.71. The molecule has 0 unspecified atom stereocenters. The Hall–Kier alpha value is -4.41. The largest absolute Gasteiger partial charge is 0.326 e. The van der Waals surface area contributed by atoms with Gasteiger partial charge in [0.15, 0.2) is 0 Å². The van der Waals surface area contributed by atoms with Crippen LogP contribution in [0.2, 0.25) is 0 Å². The van der Waals surface area contributed by atoms with Gasteiger partial charge in [-0.2, -0.15) is 0 Å². The summed E-state index contributed by atoms with van der Waals surface area (Å²) in [5.74, 6) is -0.0163. The first-order valence-corrected chi connectivity index (χ1v) is 14.5. The summed E-state index contributed by atoms with van der Waals surface area (Å²) >= 11 is 0. The first-order chi connectivity index (χ1) is 19.7. The molecule has 6 aromatic rings. The predicted octanol–water partition coefficient (Wildman–Crippen LogP) is 6.92. The third kappa shape index (κ3) is 6.24. The second kappa shape index (κ2) is 13.1. The lowest BCUT2D eigenvalue weighted by molar-refractivity contribution is 0.596. The van der Waals surface area contributed by atoms with Crippen LogP contribution in [-0.4, -0.2) is 26.9 Å². The molecule has 0 spiro atoms. The molecule has 0 saturated heterocycles. The van der Waals surface area contributed by atoms with Crippen molar-refractivity contribution in [3.05, 3.63) is 192 Å². The van der Waals surface area contributed by atoms with Crippen molar-refractivity contribution in [2.24, 2.45) is 0 Å². The van der Waals surface area contributed by atoms with Crippen LogP contribution in [-0.2, 0) is 5.16 Å². The molecule has 0 aliphatic heterocycles. The van der Waals surface area contributed by atoms with E-state index in [1.54, 1.807) is 0 Å². The Bertz CT molecular complexity index is 1490. The molecular weight excluding hydrogens is 499 g/mol. The number of hydrogen-bond donors (Lipinski definition) is 0. The van der Waals surface area contributed by atoms with Crippen LogP contribution in [0.4, 0.5) is 0 Å². The maximum Gasteiger partial charge on any atom is 0.127 e. The average Bonchev–Trinajstić information content (AvgIpc) is 3.57. The van der Waals surface area contributed by atoms with Crippen LogP contribution in [0, 0.1) is 6.92 Å². The summed E-state index contributed by atoms with van der Waals surface area (Å²) in [6.07, 6.45) is 5.87. The van der Waals surface area contributed by atoms with E-state index in [0.29, 0.717) is 9.52 Å². The summed E-state index contributed by atoms with van der Waals surface area (Å²) in [5, 5.41) is 1.03. The number of aryl methyl sites for hydroxylation is 1. The molecule has 6 rings (SSSR count). The van der Waals surface area contributed by atoms with Crippen LogP contribution in [0.3, 0.4) is 0 Å². The minimum atomic E-state index is -0.313. The van der Waals surface area contributed by atoms with Crippen molar-refractivity contribution in [1.82, 2.24) is 9.55 Å². The fourth-order valence-corrected chi connectivity index (χ4v) is 6.72. The van der Waals surface area contributed by atoms with E-state index in [2.05, 4.69) is 132 Å². The summed E-state index contributed by atoms with van der Waals surface area (Å²) < 4.78 is 2.25. The first kappa shape index (κ1) is 27.2. The Kier molecular flexibility index (Phi) is 8.90. The summed E-state index contributed by atoms with van der Waals surface area (Å²) in [5.41, 5.74) is 6.13. The van der Waals surface area contributed by atoms with E-state index in [0.717, 1.165) is 11.1 Å². The molecule has 2 nitrogen and oxygen atoms in total. The van der Waals surface area contributed by atoms with E-state index in [9.17, 15) is 0 Å². The Morgan fingerprint density at radius 3 is 1.60 bits per heavy atom. The zero-order valence-electron chi connectivity index (χ0n) is 22.6. The van der Waals surface area contributed by atoms with Crippen molar-refractivity contribution in [3.8, 4) is 0 Å². The van der Waals surface area contributed by atoms with Gasteiger partial charge in [-0.05, 0) is 35.0 Å². The molecule has 1 heterocycles. The van der Waals surface area contributed by atoms with Crippen molar-refractivity contribution < 1.29 is 0 Å². The maximum atomic E-state index is 6.12. The highest BCUT2D eigenvalue weighted by Crippen LogP contribution is 2.33. The Morgan fingerprint density at radius 1 is 0.650 bits per heavy atom. The molecule has 0 aliphatic rings. The normalized spacial score (nSPS) is 11.1. The van der Waals surface area contributed by atoms with Gasteiger partial charge in [-0.1, -0.05) is 156 Å². The molecule has 4 heteroatoms. The molecule has 5 aromatic carbocycles. The highest BCUT2D eigenvalue weighted by molar-refractivity contribution is 6.57. The van der Waals surface area contributed by atoms with Crippen LogP contribution in [0.1, 0.15) is 33.6 Å². The molecule has 0 saturated carbocycles. The van der Waals surface area contributed by atoms with Gasteiger partial charge in [-0.3, -0.25) is 0 Å². The Balaban J connectivity index is 0.000000194. The van der Waals surface area contributed by atoms with Gasteiger partial charge in [-0.15, -0.1) is 0 Å². The first-order valence-electron chi connectivity index (χ1n) is 13.5. The molecule has 0 atom stereocenters. The molecule has 0 N–H and O–H groups in total. The molecule has 0 bridgehead atoms. The van der Waals surface area contributed by atoms with Gasteiger partial charge in [0.1, 0.15) is 9.52 Å². The zero-order chi connectivity index (χ0) is 27.6. The van der Waals surface area contributed by atoms with Gasteiger partial charge in [0.2, 0.25) is 0 Å². The quantitative estimate of drug-likeness (QED) is 0.205. The minimum Gasteiger partial charge on any atom is -0.326 e. The number of hydrogen-bond acceptors (Lipinski definition) is 1. The molecule has 192 valence electrons. The molecule has 4 radical (unpaired) electrons. The van der Waals surface area contributed by atoms with E-state index >= 15 is 0 Å².